The van der Waals surface area contributed by atoms with E-state index < -0.39 is 0 Å². The maximum atomic E-state index is 5.92. The molecule has 0 unspecified atom stereocenters. The summed E-state index contributed by atoms with van der Waals surface area (Å²) in [5.41, 5.74) is 2.46. The number of hydrogen-bond acceptors (Lipinski definition) is 4. The Morgan fingerprint density at radius 2 is 2.05 bits per heavy atom. The van der Waals surface area contributed by atoms with Crippen LogP contribution in [-0.4, -0.2) is 20.3 Å². The summed E-state index contributed by atoms with van der Waals surface area (Å²) in [6, 6.07) is 6.24. The zero-order chi connectivity index (χ0) is 15.5. The van der Waals surface area contributed by atoms with Crippen molar-refractivity contribution in [3.63, 3.8) is 0 Å². The van der Waals surface area contributed by atoms with Crippen molar-refractivity contribution >= 4 is 0 Å². The lowest BCUT2D eigenvalue weighted by Gasteiger charge is -2.22. The van der Waals surface area contributed by atoms with Gasteiger partial charge in [0.15, 0.2) is 5.82 Å². The topological polar surface area (TPSA) is 52.0 Å². The molecule has 1 aromatic heterocycles. The Balaban J connectivity index is 2.09. The van der Waals surface area contributed by atoms with Crippen molar-refractivity contribution in [3.8, 4) is 5.75 Å². The van der Waals surface area contributed by atoms with E-state index in [1.807, 2.05) is 13.1 Å². The summed E-state index contributed by atoms with van der Waals surface area (Å²) >= 11 is 0. The molecule has 5 heteroatoms. The molecule has 0 aliphatic rings. The van der Waals surface area contributed by atoms with Crippen molar-refractivity contribution in [1.82, 2.24) is 20.1 Å². The second kappa shape index (κ2) is 6.26. The van der Waals surface area contributed by atoms with Crippen LogP contribution in [0.3, 0.4) is 0 Å². The van der Waals surface area contributed by atoms with Gasteiger partial charge >= 0.3 is 0 Å². The molecule has 2 rings (SSSR count). The Kier molecular flexibility index (Phi) is 4.63. The summed E-state index contributed by atoms with van der Waals surface area (Å²) < 4.78 is 7.64. The molecule has 0 amide bonds. The second-order valence-electron chi connectivity index (χ2n) is 6.30. The average Bonchev–Trinajstić information content (AvgIpc) is 2.80. The van der Waals surface area contributed by atoms with E-state index in [4.69, 9.17) is 4.74 Å². The minimum absolute atomic E-state index is 0.0740. The van der Waals surface area contributed by atoms with Crippen molar-refractivity contribution < 1.29 is 4.74 Å². The van der Waals surface area contributed by atoms with Crippen LogP contribution < -0.4 is 10.1 Å². The Bertz CT molecular complexity index is 599. The van der Waals surface area contributed by atoms with Crippen molar-refractivity contribution in [2.24, 2.45) is 7.05 Å². The molecule has 1 N–H and O–H groups in total. The van der Waals surface area contributed by atoms with E-state index in [1.165, 1.54) is 11.9 Å². The summed E-state index contributed by atoms with van der Waals surface area (Å²) in [5, 5.41) is 7.54. The van der Waals surface area contributed by atoms with Gasteiger partial charge in [0.25, 0.3) is 0 Å². The third-order valence-corrected chi connectivity index (χ3v) is 3.19. The summed E-state index contributed by atoms with van der Waals surface area (Å²) in [4.78, 5) is 4.17. The first-order valence-corrected chi connectivity index (χ1v) is 7.15. The maximum absolute atomic E-state index is 5.92. The van der Waals surface area contributed by atoms with Crippen molar-refractivity contribution in [1.29, 1.82) is 0 Å². The minimum Gasteiger partial charge on any atom is -0.485 e. The molecule has 1 aromatic carbocycles. The van der Waals surface area contributed by atoms with Gasteiger partial charge in [0.1, 0.15) is 18.7 Å². The predicted octanol–water partition coefficient (Wildman–Crippen LogP) is 2.59. The van der Waals surface area contributed by atoms with Gasteiger partial charge in [-0.1, -0.05) is 17.7 Å². The first kappa shape index (κ1) is 15.5. The van der Waals surface area contributed by atoms with Crippen LogP contribution in [-0.2, 0) is 20.2 Å². The molecule has 0 atom stereocenters. The Morgan fingerprint density at radius 3 is 2.67 bits per heavy atom. The summed E-state index contributed by atoms with van der Waals surface area (Å²) in [5.74, 6) is 1.70. The van der Waals surface area contributed by atoms with Crippen molar-refractivity contribution in [2.75, 3.05) is 0 Å². The highest BCUT2D eigenvalue weighted by Gasteiger charge is 2.12. The van der Waals surface area contributed by atoms with Crippen LogP contribution in [0.2, 0.25) is 0 Å². The number of ether oxygens (including phenoxy) is 1. The highest BCUT2D eigenvalue weighted by Crippen LogP contribution is 2.21. The average molecular weight is 288 g/mol. The van der Waals surface area contributed by atoms with Gasteiger partial charge in [-0.15, -0.1) is 0 Å². The quantitative estimate of drug-likeness (QED) is 0.919. The zero-order valence-corrected chi connectivity index (χ0v) is 13.5. The monoisotopic (exact) mass is 288 g/mol. The molecule has 0 aliphatic heterocycles. The molecule has 0 fully saturated rings. The number of nitrogens with one attached hydrogen (secondary N) is 1. The molecule has 1 heterocycles. The van der Waals surface area contributed by atoms with Crippen molar-refractivity contribution in [2.45, 2.75) is 46.4 Å². The molecule has 0 aliphatic carbocycles. The van der Waals surface area contributed by atoms with Gasteiger partial charge in [-0.05, 0) is 33.8 Å². The largest absolute Gasteiger partial charge is 0.485 e. The molecule has 21 heavy (non-hydrogen) atoms. The van der Waals surface area contributed by atoms with Gasteiger partial charge in [-0.25, -0.2) is 4.98 Å². The second-order valence-corrected chi connectivity index (χ2v) is 6.30. The number of nitrogens with zero attached hydrogens (tertiary/aromatic N) is 3. The summed E-state index contributed by atoms with van der Waals surface area (Å²) in [6.07, 6.45) is 1.54. The fourth-order valence-electron chi connectivity index (χ4n) is 1.94. The normalized spacial score (nSPS) is 11.7. The smallest absolute Gasteiger partial charge is 0.164 e. The highest BCUT2D eigenvalue weighted by atomic mass is 16.5. The van der Waals surface area contributed by atoms with E-state index in [1.54, 1.807) is 4.68 Å². The van der Waals surface area contributed by atoms with E-state index in [9.17, 15) is 0 Å². The van der Waals surface area contributed by atoms with Crippen LogP contribution in [0.15, 0.2) is 24.5 Å². The van der Waals surface area contributed by atoms with Gasteiger partial charge in [-0.2, -0.15) is 5.10 Å². The molecule has 0 radical (unpaired) electrons. The molecule has 0 spiro atoms. The van der Waals surface area contributed by atoms with Gasteiger partial charge in [0.05, 0.1) is 0 Å². The molecular weight excluding hydrogens is 264 g/mol. The lowest BCUT2D eigenvalue weighted by Crippen LogP contribution is -2.35. The number of aryl methyl sites for hydroxylation is 2. The zero-order valence-electron chi connectivity index (χ0n) is 13.5. The lowest BCUT2D eigenvalue weighted by molar-refractivity contribution is 0.284. The fraction of sp³-hybridized carbons (Fsp3) is 0.500. The van der Waals surface area contributed by atoms with Gasteiger partial charge in [0.2, 0.25) is 0 Å². The van der Waals surface area contributed by atoms with E-state index in [0.29, 0.717) is 6.61 Å². The molecule has 0 saturated carbocycles. The molecule has 5 nitrogen and oxygen atoms in total. The molecular formula is C16H24N4O. The minimum atomic E-state index is 0.0740. The van der Waals surface area contributed by atoms with Crippen LogP contribution in [0.5, 0.6) is 5.75 Å². The molecule has 114 valence electrons. The Morgan fingerprint density at radius 1 is 1.29 bits per heavy atom. The number of benzene rings is 1. The Hall–Kier alpha value is -1.88. The van der Waals surface area contributed by atoms with E-state index in [2.05, 4.69) is 55.2 Å². The van der Waals surface area contributed by atoms with Gasteiger partial charge in [0, 0.05) is 24.7 Å². The number of aromatic nitrogens is 3. The summed E-state index contributed by atoms with van der Waals surface area (Å²) in [6.45, 7) is 9.75. The van der Waals surface area contributed by atoms with Gasteiger partial charge < -0.3 is 10.1 Å². The third-order valence-electron chi connectivity index (χ3n) is 3.19. The van der Waals surface area contributed by atoms with Crippen LogP contribution in [0.4, 0.5) is 0 Å². The fourth-order valence-corrected chi connectivity index (χ4v) is 1.94. The number of hydrogen-bond donors (Lipinski definition) is 1. The molecule has 2 aromatic rings. The van der Waals surface area contributed by atoms with Crippen LogP contribution in [0.1, 0.15) is 37.7 Å². The Labute approximate surface area is 126 Å². The number of rotatable bonds is 5. The first-order chi connectivity index (χ1) is 9.85. The first-order valence-electron chi connectivity index (χ1n) is 7.15. The lowest BCUT2D eigenvalue weighted by atomic mass is 10.1. The van der Waals surface area contributed by atoms with Crippen LogP contribution in [0.25, 0.3) is 0 Å². The van der Waals surface area contributed by atoms with E-state index in [0.717, 1.165) is 23.7 Å². The summed E-state index contributed by atoms with van der Waals surface area (Å²) in [7, 11) is 1.86. The highest BCUT2D eigenvalue weighted by molar-refractivity contribution is 5.37. The molecule has 0 bridgehead atoms. The van der Waals surface area contributed by atoms with E-state index >= 15 is 0 Å². The molecule has 0 saturated heterocycles. The van der Waals surface area contributed by atoms with E-state index in [-0.39, 0.29) is 5.54 Å². The van der Waals surface area contributed by atoms with Crippen LogP contribution >= 0.6 is 0 Å². The third kappa shape index (κ3) is 4.56. The maximum Gasteiger partial charge on any atom is 0.164 e. The van der Waals surface area contributed by atoms with Crippen molar-refractivity contribution in [3.05, 3.63) is 41.5 Å². The predicted molar refractivity (Wildman–Crippen MR) is 83.1 cm³/mol. The SMILES string of the molecule is Cc1ccc(OCc2ncnn2C)c(CNC(C)(C)C)c1. The standard InChI is InChI=1S/C16H24N4O/c1-12-6-7-14(13(8-12)9-18-16(2,3)4)21-10-15-17-11-19-20(15)5/h6-8,11,18H,9-10H2,1-5H3. The van der Waals surface area contributed by atoms with Crippen LogP contribution in [0, 0.1) is 6.92 Å². The van der Waals surface area contributed by atoms with Gasteiger partial charge in [-0.3, -0.25) is 4.68 Å².